The molecule has 1 aromatic rings. The molecule has 3 nitrogen and oxygen atoms in total. The van der Waals surface area contributed by atoms with Gasteiger partial charge in [0, 0.05) is 6.54 Å². The van der Waals surface area contributed by atoms with Crippen LogP contribution in [0.25, 0.3) is 0 Å². The second-order valence-corrected chi connectivity index (χ2v) is 4.67. The molecule has 0 bridgehead atoms. The summed E-state index contributed by atoms with van der Waals surface area (Å²) in [6.45, 7) is 0.587. The Hall–Kier alpha value is -0.940. The van der Waals surface area contributed by atoms with Crippen molar-refractivity contribution in [1.82, 2.24) is 4.90 Å². The van der Waals surface area contributed by atoms with Crippen LogP contribution in [0.2, 0.25) is 0 Å². The van der Waals surface area contributed by atoms with Crippen molar-refractivity contribution in [3.8, 4) is 0 Å². The monoisotopic (exact) mass is 217 g/mol. The van der Waals surface area contributed by atoms with Crippen LogP contribution in [0.1, 0.15) is 5.56 Å². The molecule has 1 rings (SSSR count). The number of benzene rings is 1. The third kappa shape index (κ3) is 3.08. The van der Waals surface area contributed by atoms with E-state index in [1.54, 1.807) is 6.07 Å². The van der Waals surface area contributed by atoms with Crippen molar-refractivity contribution in [3.63, 3.8) is 0 Å². The molecule has 0 aliphatic heterocycles. The maximum absolute atomic E-state index is 12.6. The van der Waals surface area contributed by atoms with E-state index >= 15 is 0 Å². The van der Waals surface area contributed by atoms with Crippen LogP contribution in [-0.4, -0.2) is 27.4 Å². The predicted octanol–water partition coefficient (Wildman–Crippen LogP) is 1.41. The van der Waals surface area contributed by atoms with Crippen molar-refractivity contribution in [3.05, 3.63) is 29.8 Å². The lowest BCUT2D eigenvalue weighted by atomic mass is 10.2. The molecule has 0 aliphatic carbocycles. The third-order valence-corrected chi connectivity index (χ3v) is 2.50. The summed E-state index contributed by atoms with van der Waals surface area (Å²) in [6.07, 6.45) is 0. The maximum Gasteiger partial charge on any atom is 0.332 e. The number of halogens is 1. The minimum atomic E-state index is -4.58. The summed E-state index contributed by atoms with van der Waals surface area (Å²) in [7, 11) is -0.864. The Labute approximate surface area is 83.4 Å². The predicted molar refractivity (Wildman–Crippen MR) is 52.1 cm³/mol. The minimum absolute atomic E-state index is 0.281. The highest BCUT2D eigenvalue weighted by molar-refractivity contribution is 7.86. The molecular weight excluding hydrogens is 205 g/mol. The van der Waals surface area contributed by atoms with E-state index in [0.29, 0.717) is 6.54 Å². The number of rotatable bonds is 3. The Bertz CT molecular complexity index is 415. The summed E-state index contributed by atoms with van der Waals surface area (Å²) in [5.74, 6) is 0. The number of nitrogens with zero attached hydrogens (tertiary/aromatic N) is 1. The molecule has 14 heavy (non-hydrogen) atoms. The molecular formula is C9H12FNO2S. The van der Waals surface area contributed by atoms with E-state index in [1.807, 2.05) is 19.0 Å². The van der Waals surface area contributed by atoms with Crippen molar-refractivity contribution >= 4 is 10.2 Å². The first-order chi connectivity index (χ1) is 6.39. The van der Waals surface area contributed by atoms with Crippen LogP contribution in [-0.2, 0) is 16.8 Å². The molecule has 0 saturated heterocycles. The molecule has 1 aromatic carbocycles. The van der Waals surface area contributed by atoms with Gasteiger partial charge >= 0.3 is 10.2 Å². The fourth-order valence-corrected chi connectivity index (χ4v) is 1.69. The van der Waals surface area contributed by atoms with Crippen molar-refractivity contribution in [1.29, 1.82) is 0 Å². The molecule has 0 fully saturated rings. The summed E-state index contributed by atoms with van der Waals surface area (Å²) in [5.41, 5.74) is 0.772. The van der Waals surface area contributed by atoms with Gasteiger partial charge in [-0.3, -0.25) is 0 Å². The molecule has 0 atom stereocenters. The van der Waals surface area contributed by atoms with Gasteiger partial charge in [-0.1, -0.05) is 12.1 Å². The van der Waals surface area contributed by atoms with Crippen molar-refractivity contribution < 1.29 is 12.3 Å². The van der Waals surface area contributed by atoms with Gasteiger partial charge < -0.3 is 4.90 Å². The highest BCUT2D eigenvalue weighted by Gasteiger charge is 2.11. The molecule has 78 valence electrons. The second-order valence-electron chi connectivity index (χ2n) is 3.32. The molecule has 0 aliphatic rings. The molecule has 0 heterocycles. The Morgan fingerprint density at radius 3 is 2.50 bits per heavy atom. The smallest absolute Gasteiger partial charge is 0.305 e. The fourth-order valence-electron chi connectivity index (χ4n) is 1.16. The Kier molecular flexibility index (Phi) is 3.23. The zero-order valence-electron chi connectivity index (χ0n) is 8.07. The average Bonchev–Trinajstić information content (AvgIpc) is 2.01. The molecule has 0 spiro atoms. The van der Waals surface area contributed by atoms with E-state index in [4.69, 9.17) is 0 Å². The van der Waals surface area contributed by atoms with Gasteiger partial charge in [-0.05, 0) is 31.8 Å². The number of hydrogen-bond acceptors (Lipinski definition) is 3. The Morgan fingerprint density at radius 2 is 2.00 bits per heavy atom. The first-order valence-corrected chi connectivity index (χ1v) is 5.46. The molecule has 0 saturated carbocycles. The van der Waals surface area contributed by atoms with Gasteiger partial charge in [0.2, 0.25) is 0 Å². The fraction of sp³-hybridized carbons (Fsp3) is 0.333. The first kappa shape index (κ1) is 11.1. The van der Waals surface area contributed by atoms with Crippen molar-refractivity contribution in [2.75, 3.05) is 14.1 Å². The molecule has 5 heteroatoms. The highest BCUT2D eigenvalue weighted by atomic mass is 32.3. The number of hydrogen-bond donors (Lipinski definition) is 0. The maximum atomic E-state index is 12.6. The van der Waals surface area contributed by atoms with E-state index in [-0.39, 0.29) is 4.90 Å². The zero-order valence-corrected chi connectivity index (χ0v) is 8.88. The van der Waals surface area contributed by atoms with E-state index in [1.165, 1.54) is 18.2 Å². The highest BCUT2D eigenvalue weighted by Crippen LogP contribution is 2.14. The van der Waals surface area contributed by atoms with Gasteiger partial charge in [-0.25, -0.2) is 0 Å². The lowest BCUT2D eigenvalue weighted by molar-refractivity contribution is 0.402. The van der Waals surface area contributed by atoms with Crippen LogP contribution < -0.4 is 0 Å². The summed E-state index contributed by atoms with van der Waals surface area (Å²) in [6, 6.07) is 5.88. The quantitative estimate of drug-likeness (QED) is 0.718. The summed E-state index contributed by atoms with van der Waals surface area (Å²) in [4.78, 5) is 1.60. The van der Waals surface area contributed by atoms with Gasteiger partial charge in [-0.15, -0.1) is 3.89 Å². The van der Waals surface area contributed by atoms with Crippen LogP contribution in [0, 0.1) is 0 Å². The zero-order chi connectivity index (χ0) is 10.8. The molecule has 0 amide bonds. The van der Waals surface area contributed by atoms with Gasteiger partial charge in [0.1, 0.15) is 0 Å². The summed E-state index contributed by atoms with van der Waals surface area (Å²) in [5, 5.41) is 0. The topological polar surface area (TPSA) is 37.4 Å². The Morgan fingerprint density at radius 1 is 1.36 bits per heavy atom. The summed E-state index contributed by atoms with van der Waals surface area (Å²) >= 11 is 0. The van der Waals surface area contributed by atoms with Crippen molar-refractivity contribution in [2.24, 2.45) is 0 Å². The normalized spacial score (nSPS) is 12.0. The molecule has 0 radical (unpaired) electrons. The molecule has 0 aromatic heterocycles. The SMILES string of the molecule is CN(C)Cc1cccc(S(=O)(=O)F)c1. The Balaban J connectivity index is 3.02. The van der Waals surface area contributed by atoms with Gasteiger partial charge in [0.05, 0.1) is 4.90 Å². The van der Waals surface area contributed by atoms with Crippen LogP contribution in [0.5, 0.6) is 0 Å². The third-order valence-electron chi connectivity index (χ3n) is 1.68. The second kappa shape index (κ2) is 4.06. The summed E-state index contributed by atoms with van der Waals surface area (Å²) < 4.78 is 33.8. The lowest BCUT2D eigenvalue weighted by Crippen LogP contribution is -2.10. The molecule has 0 unspecified atom stereocenters. The van der Waals surface area contributed by atoms with Crippen molar-refractivity contribution in [2.45, 2.75) is 11.4 Å². The minimum Gasteiger partial charge on any atom is -0.305 e. The molecule has 0 N–H and O–H groups in total. The average molecular weight is 217 g/mol. The van der Waals surface area contributed by atoms with Crippen LogP contribution in [0.3, 0.4) is 0 Å². The van der Waals surface area contributed by atoms with Crippen LogP contribution in [0.4, 0.5) is 3.89 Å². The van der Waals surface area contributed by atoms with Gasteiger partial charge in [-0.2, -0.15) is 8.42 Å². The van der Waals surface area contributed by atoms with Crippen LogP contribution in [0.15, 0.2) is 29.2 Å². The first-order valence-electron chi connectivity index (χ1n) is 4.08. The van der Waals surface area contributed by atoms with E-state index in [9.17, 15) is 12.3 Å². The van der Waals surface area contributed by atoms with Gasteiger partial charge in [0.15, 0.2) is 0 Å². The largest absolute Gasteiger partial charge is 0.332 e. The lowest BCUT2D eigenvalue weighted by Gasteiger charge is -2.09. The van der Waals surface area contributed by atoms with E-state index < -0.39 is 10.2 Å². The standard InChI is InChI=1S/C9H12FNO2S/c1-11(2)7-8-4-3-5-9(6-8)14(10,12)13/h3-6H,7H2,1-2H3. The van der Waals surface area contributed by atoms with Gasteiger partial charge in [0.25, 0.3) is 0 Å². The van der Waals surface area contributed by atoms with E-state index in [2.05, 4.69) is 0 Å². The van der Waals surface area contributed by atoms with Crippen LogP contribution >= 0.6 is 0 Å². The van der Waals surface area contributed by atoms with E-state index in [0.717, 1.165) is 5.56 Å².